The molecule has 0 atom stereocenters. The molecule has 132 valence electrons. The topological polar surface area (TPSA) is 12.0 Å². The molecule has 0 unspecified atom stereocenters. The molecular weight excluding hydrogens is 314 g/mol. The fourth-order valence-electron chi connectivity index (χ4n) is 2.98. The molecule has 0 bridgehead atoms. The van der Waals surface area contributed by atoms with E-state index in [4.69, 9.17) is 0 Å². The highest BCUT2D eigenvalue weighted by Gasteiger charge is 1.99. The number of hydrogen-bond acceptors (Lipinski definition) is 1. The molecule has 1 heteroatoms. The minimum Gasteiger partial charge on any atom is -0.356 e. The van der Waals surface area contributed by atoms with Gasteiger partial charge in [0.25, 0.3) is 0 Å². The molecule has 3 aromatic rings. The van der Waals surface area contributed by atoms with Crippen LogP contribution in [0.1, 0.15) is 38.2 Å². The first kappa shape index (κ1) is 18.0. The van der Waals surface area contributed by atoms with E-state index in [1.807, 2.05) is 6.07 Å². The zero-order valence-electron chi connectivity index (χ0n) is 15.5. The molecule has 3 aromatic carbocycles. The molecule has 0 saturated carbocycles. The van der Waals surface area contributed by atoms with Gasteiger partial charge in [-0.25, -0.2) is 0 Å². The van der Waals surface area contributed by atoms with Crippen LogP contribution in [-0.4, -0.2) is 0 Å². The van der Waals surface area contributed by atoms with Crippen molar-refractivity contribution in [1.29, 1.82) is 0 Å². The van der Waals surface area contributed by atoms with Gasteiger partial charge in [0, 0.05) is 11.4 Å². The van der Waals surface area contributed by atoms with Gasteiger partial charge in [-0.1, -0.05) is 86.5 Å². The molecule has 3 rings (SSSR count). The Bertz CT molecular complexity index is 816. The van der Waals surface area contributed by atoms with E-state index >= 15 is 0 Å². The molecule has 0 amide bonds. The van der Waals surface area contributed by atoms with E-state index in [0.29, 0.717) is 0 Å². The van der Waals surface area contributed by atoms with Crippen LogP contribution in [0.4, 0.5) is 11.4 Å². The fraction of sp³-hybridized carbons (Fsp3) is 0.200. The second-order valence-corrected chi connectivity index (χ2v) is 6.59. The van der Waals surface area contributed by atoms with Crippen molar-refractivity contribution in [1.82, 2.24) is 0 Å². The summed E-state index contributed by atoms with van der Waals surface area (Å²) < 4.78 is 0. The molecule has 0 aliphatic rings. The molecule has 0 heterocycles. The van der Waals surface area contributed by atoms with Crippen LogP contribution < -0.4 is 5.32 Å². The molecule has 1 nitrogen and oxygen atoms in total. The first-order valence-corrected chi connectivity index (χ1v) is 9.54. The molecule has 0 spiro atoms. The zero-order chi connectivity index (χ0) is 18.0. The minimum atomic E-state index is 1.11. The summed E-state index contributed by atoms with van der Waals surface area (Å²) in [6.07, 6.45) is 9.54. The van der Waals surface area contributed by atoms with Crippen molar-refractivity contribution in [2.45, 2.75) is 32.6 Å². The lowest BCUT2D eigenvalue weighted by Crippen LogP contribution is -1.90. The monoisotopic (exact) mass is 341 g/mol. The molecule has 1 N–H and O–H groups in total. The normalized spacial score (nSPS) is 11.0. The SMILES string of the molecule is CCCCC/C=C/c1ccc(Nc2cccc(-c3ccccc3)c2)cc1. The number of hydrogen-bond donors (Lipinski definition) is 1. The summed E-state index contributed by atoms with van der Waals surface area (Å²) >= 11 is 0. The average molecular weight is 341 g/mol. The summed E-state index contributed by atoms with van der Waals surface area (Å²) in [6, 6.07) is 27.6. The third kappa shape index (κ3) is 5.35. The minimum absolute atomic E-state index is 1.11. The second kappa shape index (κ2) is 9.62. The molecule has 0 saturated heterocycles. The van der Waals surface area contributed by atoms with Crippen molar-refractivity contribution in [2.75, 3.05) is 5.32 Å². The lowest BCUT2D eigenvalue weighted by molar-refractivity contribution is 0.730. The molecule has 0 radical (unpaired) electrons. The Kier molecular flexibility index (Phi) is 6.66. The third-order valence-corrected chi connectivity index (χ3v) is 4.45. The van der Waals surface area contributed by atoms with E-state index in [-0.39, 0.29) is 0 Å². The van der Waals surface area contributed by atoms with Crippen molar-refractivity contribution < 1.29 is 0 Å². The van der Waals surface area contributed by atoms with Crippen LogP contribution in [0.2, 0.25) is 0 Å². The Balaban J connectivity index is 1.62. The maximum absolute atomic E-state index is 3.50. The summed E-state index contributed by atoms with van der Waals surface area (Å²) in [6.45, 7) is 2.24. The number of rotatable bonds is 8. The molecule has 0 aliphatic carbocycles. The molecule has 0 fully saturated rings. The van der Waals surface area contributed by atoms with Crippen LogP contribution in [0.3, 0.4) is 0 Å². The van der Waals surface area contributed by atoms with Gasteiger partial charge in [-0.3, -0.25) is 0 Å². The fourth-order valence-corrected chi connectivity index (χ4v) is 2.98. The summed E-state index contributed by atoms with van der Waals surface area (Å²) in [5, 5.41) is 3.50. The van der Waals surface area contributed by atoms with Crippen molar-refractivity contribution >= 4 is 17.5 Å². The first-order chi connectivity index (χ1) is 12.8. The van der Waals surface area contributed by atoms with E-state index in [2.05, 4.69) is 97.2 Å². The van der Waals surface area contributed by atoms with Gasteiger partial charge < -0.3 is 5.32 Å². The van der Waals surface area contributed by atoms with E-state index in [0.717, 1.165) is 11.4 Å². The van der Waals surface area contributed by atoms with Crippen LogP contribution >= 0.6 is 0 Å². The molecule has 0 aromatic heterocycles. The highest BCUT2D eigenvalue weighted by molar-refractivity contribution is 5.71. The van der Waals surface area contributed by atoms with Gasteiger partial charge in [0.1, 0.15) is 0 Å². The summed E-state index contributed by atoms with van der Waals surface area (Å²) in [4.78, 5) is 0. The van der Waals surface area contributed by atoms with Gasteiger partial charge in [-0.05, 0) is 53.8 Å². The van der Waals surface area contributed by atoms with Crippen molar-refractivity contribution in [2.24, 2.45) is 0 Å². The lowest BCUT2D eigenvalue weighted by Gasteiger charge is -2.09. The predicted molar refractivity (Wildman–Crippen MR) is 115 cm³/mol. The van der Waals surface area contributed by atoms with Gasteiger partial charge in [0.05, 0.1) is 0 Å². The van der Waals surface area contributed by atoms with E-state index < -0.39 is 0 Å². The molecule has 0 aliphatic heterocycles. The Labute approximate surface area is 157 Å². The number of unbranched alkanes of at least 4 members (excludes halogenated alkanes) is 3. The van der Waals surface area contributed by atoms with E-state index in [9.17, 15) is 0 Å². The summed E-state index contributed by atoms with van der Waals surface area (Å²) in [7, 11) is 0. The van der Waals surface area contributed by atoms with Crippen molar-refractivity contribution in [3.63, 3.8) is 0 Å². The van der Waals surface area contributed by atoms with Gasteiger partial charge in [0.2, 0.25) is 0 Å². The Morgan fingerprint density at radius 2 is 1.50 bits per heavy atom. The predicted octanol–water partition coefficient (Wildman–Crippen LogP) is 7.69. The maximum atomic E-state index is 3.50. The largest absolute Gasteiger partial charge is 0.356 e. The van der Waals surface area contributed by atoms with Crippen LogP contribution in [0.15, 0.2) is 84.9 Å². The van der Waals surface area contributed by atoms with Crippen LogP contribution in [-0.2, 0) is 0 Å². The molecular formula is C25H27N. The Morgan fingerprint density at radius 1 is 0.731 bits per heavy atom. The lowest BCUT2D eigenvalue weighted by atomic mass is 10.1. The number of nitrogens with one attached hydrogen (secondary N) is 1. The standard InChI is InChI=1S/C25H27N/c1-2-3-4-5-7-11-21-16-18-24(19-17-21)26-25-15-10-14-23(20-25)22-12-8-6-9-13-22/h6-20,26H,2-5H2,1H3/b11-7+. The van der Waals surface area contributed by atoms with Crippen molar-refractivity contribution in [3.8, 4) is 11.1 Å². The van der Waals surface area contributed by atoms with Gasteiger partial charge in [-0.2, -0.15) is 0 Å². The summed E-state index contributed by atoms with van der Waals surface area (Å²) in [5.41, 5.74) is 5.93. The number of anilines is 2. The number of allylic oxidation sites excluding steroid dienone is 1. The van der Waals surface area contributed by atoms with E-state index in [1.54, 1.807) is 0 Å². The quantitative estimate of drug-likeness (QED) is 0.414. The van der Waals surface area contributed by atoms with Gasteiger partial charge >= 0.3 is 0 Å². The number of benzene rings is 3. The highest BCUT2D eigenvalue weighted by Crippen LogP contribution is 2.24. The Morgan fingerprint density at radius 3 is 2.27 bits per heavy atom. The second-order valence-electron chi connectivity index (χ2n) is 6.59. The smallest absolute Gasteiger partial charge is 0.0390 e. The average Bonchev–Trinajstić information content (AvgIpc) is 2.70. The van der Waals surface area contributed by atoms with Crippen LogP contribution in [0.5, 0.6) is 0 Å². The maximum Gasteiger partial charge on any atom is 0.0390 e. The van der Waals surface area contributed by atoms with E-state index in [1.165, 1.54) is 42.4 Å². The van der Waals surface area contributed by atoms with Crippen molar-refractivity contribution in [3.05, 3.63) is 90.5 Å². The Hall–Kier alpha value is -2.80. The van der Waals surface area contributed by atoms with Gasteiger partial charge in [0.15, 0.2) is 0 Å². The third-order valence-electron chi connectivity index (χ3n) is 4.45. The molecule has 26 heavy (non-hydrogen) atoms. The summed E-state index contributed by atoms with van der Waals surface area (Å²) in [5.74, 6) is 0. The first-order valence-electron chi connectivity index (χ1n) is 9.54. The van der Waals surface area contributed by atoms with Gasteiger partial charge in [-0.15, -0.1) is 0 Å². The van der Waals surface area contributed by atoms with Crippen LogP contribution in [0.25, 0.3) is 17.2 Å². The highest BCUT2D eigenvalue weighted by atomic mass is 14.9. The van der Waals surface area contributed by atoms with Crippen LogP contribution in [0, 0.1) is 0 Å². The zero-order valence-corrected chi connectivity index (χ0v) is 15.5.